The van der Waals surface area contributed by atoms with Gasteiger partial charge in [-0.1, -0.05) is 0 Å². The average Bonchev–Trinajstić information content (AvgIpc) is 2.61. The van der Waals surface area contributed by atoms with Gasteiger partial charge in [0, 0.05) is 0 Å². The molecule has 0 saturated carbocycles. The first-order valence-electron chi connectivity index (χ1n) is 9.84. The van der Waals surface area contributed by atoms with Gasteiger partial charge in [0.15, 0.2) is 0 Å². The van der Waals surface area contributed by atoms with Gasteiger partial charge in [-0.25, -0.2) is 0 Å². The summed E-state index contributed by atoms with van der Waals surface area (Å²) >= 11 is -2.26. The molecule has 1 nitrogen and oxygen atoms in total. The fraction of sp³-hybridized carbons (Fsp3) is 0.375. The van der Waals surface area contributed by atoms with E-state index >= 15 is 0 Å². The fourth-order valence-corrected chi connectivity index (χ4v) is 19.4. The number of aromatic nitrogens is 1. The molecule has 2 aromatic carbocycles. The third-order valence-corrected chi connectivity index (χ3v) is 20.9. The van der Waals surface area contributed by atoms with Crippen LogP contribution in [0.3, 0.4) is 0 Å². The van der Waals surface area contributed by atoms with E-state index < -0.39 is 13.3 Å². The first-order valence-corrected chi connectivity index (χ1v) is 14.5. The van der Waals surface area contributed by atoms with Crippen LogP contribution in [0.15, 0.2) is 60.7 Å². The molecule has 0 amide bonds. The van der Waals surface area contributed by atoms with Gasteiger partial charge in [0.05, 0.1) is 0 Å². The van der Waals surface area contributed by atoms with Gasteiger partial charge in [0.25, 0.3) is 0 Å². The van der Waals surface area contributed by atoms with Crippen molar-refractivity contribution in [2.75, 3.05) is 0 Å². The van der Waals surface area contributed by atoms with E-state index in [4.69, 9.17) is 4.98 Å². The van der Waals surface area contributed by atoms with Crippen molar-refractivity contribution in [1.29, 1.82) is 0 Å². The van der Waals surface area contributed by atoms with Gasteiger partial charge in [0.1, 0.15) is 0 Å². The molecule has 26 heavy (non-hydrogen) atoms. The Balaban J connectivity index is 2.12. The minimum atomic E-state index is -2.26. The van der Waals surface area contributed by atoms with Crippen molar-refractivity contribution in [1.82, 2.24) is 4.98 Å². The van der Waals surface area contributed by atoms with Crippen molar-refractivity contribution in [2.24, 2.45) is 0 Å². The van der Waals surface area contributed by atoms with Crippen molar-refractivity contribution in [3.8, 4) is 11.3 Å². The molecule has 0 radical (unpaired) electrons. The second kappa shape index (κ2) is 7.56. The second-order valence-electron chi connectivity index (χ2n) is 8.37. The van der Waals surface area contributed by atoms with Crippen molar-refractivity contribution < 1.29 is 0 Å². The SMILES string of the molecule is C[CH](C)[Ge]([c]1ccc2nc(-c3ccccc3)ccc2c1)([CH](C)C)[CH](C)C. The first kappa shape index (κ1) is 19.2. The Morgan fingerprint density at radius 2 is 1.31 bits per heavy atom. The maximum absolute atomic E-state index is 4.92. The van der Waals surface area contributed by atoms with E-state index in [0.717, 1.165) is 25.5 Å². The number of benzene rings is 2. The molecule has 1 aromatic heterocycles. The Morgan fingerprint density at radius 3 is 1.88 bits per heavy atom. The molecule has 1 heterocycles. The van der Waals surface area contributed by atoms with E-state index in [1.807, 2.05) is 6.07 Å². The summed E-state index contributed by atoms with van der Waals surface area (Å²) < 4.78 is 3.93. The van der Waals surface area contributed by atoms with Crippen molar-refractivity contribution in [3.05, 3.63) is 60.7 Å². The fourth-order valence-electron chi connectivity index (χ4n) is 5.16. The Bertz CT molecular complexity index is 859. The molecule has 3 rings (SSSR count). The zero-order valence-electron chi connectivity index (χ0n) is 17.0. The van der Waals surface area contributed by atoms with E-state index in [0.29, 0.717) is 0 Å². The first-order chi connectivity index (χ1) is 12.4. The van der Waals surface area contributed by atoms with E-state index in [2.05, 4.69) is 96.1 Å². The Kier molecular flexibility index (Phi) is 5.57. The van der Waals surface area contributed by atoms with Crippen LogP contribution in [0.5, 0.6) is 0 Å². The molecule has 0 fully saturated rings. The maximum atomic E-state index is 4.92. The van der Waals surface area contributed by atoms with Gasteiger partial charge < -0.3 is 0 Å². The van der Waals surface area contributed by atoms with Crippen LogP contribution in [0.1, 0.15) is 41.5 Å². The molecule has 0 saturated heterocycles. The zero-order valence-corrected chi connectivity index (χ0v) is 19.1. The third kappa shape index (κ3) is 3.22. The van der Waals surface area contributed by atoms with Crippen LogP contribution in [0.4, 0.5) is 0 Å². The monoisotopic (exact) mass is 407 g/mol. The number of hydrogen-bond acceptors (Lipinski definition) is 1. The summed E-state index contributed by atoms with van der Waals surface area (Å²) in [5.74, 6) is 0. The van der Waals surface area contributed by atoms with Gasteiger partial charge in [0.2, 0.25) is 0 Å². The minimum absolute atomic E-state index is 0.768. The summed E-state index contributed by atoms with van der Waals surface area (Å²) in [6.45, 7) is 14.7. The summed E-state index contributed by atoms with van der Waals surface area (Å²) in [6, 6.07) is 22.0. The van der Waals surface area contributed by atoms with Crippen LogP contribution >= 0.6 is 0 Å². The molecular weight excluding hydrogens is 375 g/mol. The van der Waals surface area contributed by atoms with Crippen molar-refractivity contribution in [2.45, 2.75) is 55.8 Å². The Morgan fingerprint density at radius 1 is 0.692 bits per heavy atom. The van der Waals surface area contributed by atoms with Crippen molar-refractivity contribution >= 4 is 28.6 Å². The van der Waals surface area contributed by atoms with E-state index in [1.165, 1.54) is 10.9 Å². The standard InChI is InChI=1S/C24H31GeN/c1-17(2)25(18(3)4,19(5)6)22-13-15-24-21(16-22)12-14-23(26-24)20-10-8-7-9-11-20/h7-19H,1-6H3. The van der Waals surface area contributed by atoms with E-state index in [9.17, 15) is 0 Å². The molecule has 0 atom stereocenters. The van der Waals surface area contributed by atoms with Crippen LogP contribution in [-0.2, 0) is 0 Å². The topological polar surface area (TPSA) is 12.9 Å². The van der Waals surface area contributed by atoms with Crippen LogP contribution in [-0.4, -0.2) is 18.3 Å². The molecule has 0 aliphatic rings. The molecule has 0 unspecified atom stereocenters. The summed E-state index contributed by atoms with van der Waals surface area (Å²) in [5, 5.41) is 1.28. The molecule has 0 spiro atoms. The van der Waals surface area contributed by atoms with Crippen LogP contribution in [0.25, 0.3) is 22.2 Å². The number of fused-ring (bicyclic) bond motifs is 1. The molecule has 0 N–H and O–H groups in total. The molecule has 0 aliphatic carbocycles. The normalized spacial score (nSPS) is 12.5. The van der Waals surface area contributed by atoms with Crippen molar-refractivity contribution in [3.63, 3.8) is 0 Å². The molecule has 0 aliphatic heterocycles. The third-order valence-electron chi connectivity index (χ3n) is 6.12. The summed E-state index contributed by atoms with van der Waals surface area (Å²) in [5.41, 5.74) is 3.33. The van der Waals surface area contributed by atoms with Crippen LogP contribution < -0.4 is 4.40 Å². The molecular formula is C24H31GeN. The van der Waals surface area contributed by atoms with Crippen LogP contribution in [0.2, 0.25) is 14.3 Å². The quantitative estimate of drug-likeness (QED) is 0.426. The average molecular weight is 406 g/mol. The summed E-state index contributed by atoms with van der Waals surface area (Å²) in [7, 11) is 0. The predicted octanol–water partition coefficient (Wildman–Crippen LogP) is 6.79. The molecule has 136 valence electrons. The summed E-state index contributed by atoms with van der Waals surface area (Å²) in [4.78, 5) is 4.92. The van der Waals surface area contributed by atoms with Gasteiger partial charge >= 0.3 is 161 Å². The van der Waals surface area contributed by atoms with Crippen LogP contribution in [0, 0.1) is 0 Å². The number of hydrogen-bond donors (Lipinski definition) is 0. The number of nitrogens with zero attached hydrogens (tertiary/aromatic N) is 1. The predicted molar refractivity (Wildman–Crippen MR) is 118 cm³/mol. The van der Waals surface area contributed by atoms with Gasteiger partial charge in [-0.2, -0.15) is 0 Å². The van der Waals surface area contributed by atoms with E-state index in [-0.39, 0.29) is 0 Å². The molecule has 2 heteroatoms. The zero-order chi connectivity index (χ0) is 18.9. The van der Waals surface area contributed by atoms with E-state index in [1.54, 1.807) is 4.40 Å². The Hall–Kier alpha value is -1.61. The van der Waals surface area contributed by atoms with Gasteiger partial charge in [-0.15, -0.1) is 0 Å². The number of rotatable bonds is 5. The molecule has 0 bridgehead atoms. The van der Waals surface area contributed by atoms with Gasteiger partial charge in [-0.05, 0) is 0 Å². The number of pyridine rings is 1. The Labute approximate surface area is 161 Å². The van der Waals surface area contributed by atoms with Gasteiger partial charge in [-0.3, -0.25) is 0 Å². The summed E-state index contributed by atoms with van der Waals surface area (Å²) in [6.07, 6.45) is 0. The molecule has 3 aromatic rings. The second-order valence-corrected chi connectivity index (χ2v) is 20.8.